The van der Waals surface area contributed by atoms with Crippen LogP contribution in [-0.2, 0) is 24.0 Å². The summed E-state index contributed by atoms with van der Waals surface area (Å²) in [5, 5.41) is 19.1. The minimum Gasteiger partial charge on any atom is -0.480 e. The van der Waals surface area contributed by atoms with E-state index in [4.69, 9.17) is 5.73 Å². The molecule has 7 N–H and O–H groups in total. The fourth-order valence-electron chi connectivity index (χ4n) is 3.07. The fourth-order valence-corrected chi connectivity index (χ4v) is 3.07. The van der Waals surface area contributed by atoms with Crippen molar-refractivity contribution in [1.82, 2.24) is 21.3 Å². The van der Waals surface area contributed by atoms with E-state index in [2.05, 4.69) is 21.3 Å². The number of nitrogens with two attached hydrogens (primary N) is 1. The van der Waals surface area contributed by atoms with Crippen LogP contribution in [0.2, 0.25) is 0 Å². The lowest BCUT2D eigenvalue weighted by atomic mass is 10.0. The molecule has 0 radical (unpaired) electrons. The van der Waals surface area contributed by atoms with Crippen LogP contribution in [-0.4, -0.2) is 65.9 Å². The molecule has 0 bridgehead atoms. The standard InChI is InChI=1S/C22H41N5O6/c1-12(2)7-15(23)20(30)25-10-18(28)24-11-19(29)26-16(8-13(3)4)21(31)27-17(22(32)33)9-14(5)6/h12-17H,7-11,23H2,1-6H3,(H,24,28)(H,25,30)(H,26,29)(H,27,31)(H,32,33)/t15-,16-,17-/m0/s1. The van der Waals surface area contributed by atoms with E-state index in [0.29, 0.717) is 12.8 Å². The van der Waals surface area contributed by atoms with Crippen molar-refractivity contribution in [3.05, 3.63) is 0 Å². The first-order valence-electron chi connectivity index (χ1n) is 11.3. The Labute approximate surface area is 196 Å². The number of carbonyl (C=O) groups excluding carboxylic acids is 4. The molecule has 0 aromatic heterocycles. The van der Waals surface area contributed by atoms with Crippen LogP contribution in [0.25, 0.3) is 0 Å². The van der Waals surface area contributed by atoms with E-state index < -0.39 is 54.3 Å². The molecule has 3 atom stereocenters. The van der Waals surface area contributed by atoms with Crippen molar-refractivity contribution < 1.29 is 29.1 Å². The Bertz CT molecular complexity index is 680. The molecule has 0 saturated carbocycles. The second kappa shape index (κ2) is 15.2. The summed E-state index contributed by atoms with van der Waals surface area (Å²) in [6.07, 6.45) is 1.03. The quantitative estimate of drug-likeness (QED) is 0.190. The molecular weight excluding hydrogens is 430 g/mol. The highest BCUT2D eigenvalue weighted by atomic mass is 16.4. The van der Waals surface area contributed by atoms with Crippen LogP contribution in [0.3, 0.4) is 0 Å². The van der Waals surface area contributed by atoms with Gasteiger partial charge in [-0.05, 0) is 37.0 Å². The number of hydrogen-bond donors (Lipinski definition) is 6. The molecule has 0 unspecified atom stereocenters. The second-order valence-corrected chi connectivity index (χ2v) is 9.51. The van der Waals surface area contributed by atoms with Gasteiger partial charge in [0.2, 0.25) is 23.6 Å². The van der Waals surface area contributed by atoms with Crippen LogP contribution in [0.1, 0.15) is 60.8 Å². The molecule has 11 heteroatoms. The first kappa shape index (κ1) is 30.3. The SMILES string of the molecule is CC(C)C[C@H](NC(=O)[C@H](CC(C)C)NC(=O)CNC(=O)CNC(=O)[C@@H](N)CC(C)C)C(=O)O. The maximum atomic E-state index is 12.6. The molecule has 0 aliphatic carbocycles. The van der Waals surface area contributed by atoms with E-state index in [9.17, 15) is 29.1 Å². The molecular formula is C22H41N5O6. The largest absolute Gasteiger partial charge is 0.480 e. The van der Waals surface area contributed by atoms with E-state index in [1.807, 2.05) is 41.5 Å². The molecule has 190 valence electrons. The highest BCUT2D eigenvalue weighted by molar-refractivity contribution is 5.92. The number of carboxylic acid groups (broad SMARTS) is 1. The molecule has 0 aromatic carbocycles. The molecule has 0 spiro atoms. The third-order valence-corrected chi connectivity index (χ3v) is 4.61. The maximum absolute atomic E-state index is 12.6. The molecule has 33 heavy (non-hydrogen) atoms. The van der Waals surface area contributed by atoms with Crippen molar-refractivity contribution in [3.63, 3.8) is 0 Å². The first-order valence-corrected chi connectivity index (χ1v) is 11.3. The van der Waals surface area contributed by atoms with E-state index in [1.165, 1.54) is 0 Å². The van der Waals surface area contributed by atoms with Crippen LogP contribution in [0, 0.1) is 17.8 Å². The topological polar surface area (TPSA) is 180 Å². The molecule has 0 rings (SSSR count). The lowest BCUT2D eigenvalue weighted by Gasteiger charge is -2.23. The third-order valence-electron chi connectivity index (χ3n) is 4.61. The van der Waals surface area contributed by atoms with Gasteiger partial charge in [-0.1, -0.05) is 41.5 Å². The number of aliphatic carboxylic acids is 1. The summed E-state index contributed by atoms with van der Waals surface area (Å²) in [5.74, 6) is -3.04. The van der Waals surface area contributed by atoms with Gasteiger partial charge in [0, 0.05) is 0 Å². The Morgan fingerprint density at radius 2 is 1.15 bits per heavy atom. The smallest absolute Gasteiger partial charge is 0.326 e. The monoisotopic (exact) mass is 471 g/mol. The van der Waals surface area contributed by atoms with Gasteiger partial charge in [-0.2, -0.15) is 0 Å². The maximum Gasteiger partial charge on any atom is 0.326 e. The third kappa shape index (κ3) is 14.1. The Morgan fingerprint density at radius 3 is 1.64 bits per heavy atom. The number of rotatable bonds is 15. The molecule has 0 aromatic rings. The van der Waals surface area contributed by atoms with Crippen molar-refractivity contribution in [3.8, 4) is 0 Å². The molecule has 0 fully saturated rings. The summed E-state index contributed by atoms with van der Waals surface area (Å²) in [5.41, 5.74) is 5.75. The molecule has 0 aliphatic heterocycles. The Balaban J connectivity index is 4.74. The van der Waals surface area contributed by atoms with Gasteiger partial charge >= 0.3 is 5.97 Å². The zero-order chi connectivity index (χ0) is 25.7. The lowest BCUT2D eigenvalue weighted by Crippen LogP contribution is -2.54. The van der Waals surface area contributed by atoms with E-state index in [1.54, 1.807) is 0 Å². The predicted molar refractivity (Wildman–Crippen MR) is 124 cm³/mol. The zero-order valence-electron chi connectivity index (χ0n) is 20.6. The second-order valence-electron chi connectivity index (χ2n) is 9.51. The molecule has 11 nitrogen and oxygen atoms in total. The van der Waals surface area contributed by atoms with Gasteiger partial charge in [0.05, 0.1) is 19.1 Å². The normalized spacial score (nSPS) is 13.9. The Morgan fingerprint density at radius 1 is 0.667 bits per heavy atom. The van der Waals surface area contributed by atoms with Gasteiger partial charge in [-0.25, -0.2) is 4.79 Å². The van der Waals surface area contributed by atoms with Crippen molar-refractivity contribution in [2.24, 2.45) is 23.5 Å². The number of carboxylic acids is 1. The van der Waals surface area contributed by atoms with Crippen molar-refractivity contribution >= 4 is 29.6 Å². The van der Waals surface area contributed by atoms with Gasteiger partial charge in [0.25, 0.3) is 0 Å². The average Bonchev–Trinajstić information content (AvgIpc) is 2.67. The highest BCUT2D eigenvalue weighted by Gasteiger charge is 2.27. The lowest BCUT2D eigenvalue weighted by molar-refractivity contribution is -0.142. The number of carbonyl (C=O) groups is 5. The van der Waals surface area contributed by atoms with Gasteiger partial charge in [0.15, 0.2) is 0 Å². The first-order chi connectivity index (χ1) is 15.2. The minimum atomic E-state index is -1.14. The van der Waals surface area contributed by atoms with E-state index in [-0.39, 0.29) is 30.7 Å². The summed E-state index contributed by atoms with van der Waals surface area (Å²) < 4.78 is 0. The van der Waals surface area contributed by atoms with Gasteiger partial charge in [0.1, 0.15) is 12.1 Å². The number of amides is 4. The molecule has 0 heterocycles. The average molecular weight is 472 g/mol. The zero-order valence-corrected chi connectivity index (χ0v) is 20.6. The molecule has 4 amide bonds. The van der Waals surface area contributed by atoms with Crippen LogP contribution >= 0.6 is 0 Å². The van der Waals surface area contributed by atoms with Crippen molar-refractivity contribution in [2.45, 2.75) is 78.9 Å². The summed E-state index contributed by atoms with van der Waals surface area (Å²) in [7, 11) is 0. The highest BCUT2D eigenvalue weighted by Crippen LogP contribution is 2.09. The van der Waals surface area contributed by atoms with Gasteiger partial charge < -0.3 is 32.1 Å². The fraction of sp³-hybridized carbons (Fsp3) is 0.773. The number of nitrogens with one attached hydrogen (secondary N) is 4. The van der Waals surface area contributed by atoms with Crippen LogP contribution in [0.5, 0.6) is 0 Å². The Hall–Kier alpha value is -2.69. The van der Waals surface area contributed by atoms with E-state index in [0.717, 1.165) is 0 Å². The van der Waals surface area contributed by atoms with Crippen LogP contribution in [0.15, 0.2) is 0 Å². The summed E-state index contributed by atoms with van der Waals surface area (Å²) in [4.78, 5) is 60.1. The van der Waals surface area contributed by atoms with Crippen LogP contribution < -0.4 is 27.0 Å². The van der Waals surface area contributed by atoms with Crippen LogP contribution in [0.4, 0.5) is 0 Å². The summed E-state index contributed by atoms with van der Waals surface area (Å²) in [6.45, 7) is 10.5. The molecule has 0 aliphatic rings. The van der Waals surface area contributed by atoms with Crippen molar-refractivity contribution in [2.75, 3.05) is 13.1 Å². The summed E-state index contributed by atoms with van der Waals surface area (Å²) in [6, 6.07) is -2.73. The Kier molecular flexibility index (Phi) is 14.0. The van der Waals surface area contributed by atoms with Gasteiger partial charge in [-0.3, -0.25) is 19.2 Å². The van der Waals surface area contributed by atoms with Gasteiger partial charge in [-0.15, -0.1) is 0 Å². The van der Waals surface area contributed by atoms with Crippen molar-refractivity contribution in [1.29, 1.82) is 0 Å². The molecule has 0 saturated heterocycles. The predicted octanol–water partition coefficient (Wildman–Crippen LogP) is -0.261. The number of hydrogen-bond acceptors (Lipinski definition) is 6. The van der Waals surface area contributed by atoms with E-state index >= 15 is 0 Å². The minimum absolute atomic E-state index is 0.0503. The summed E-state index contributed by atoms with van der Waals surface area (Å²) >= 11 is 0.